The van der Waals surface area contributed by atoms with Gasteiger partial charge in [0.15, 0.2) is 0 Å². The Hall–Kier alpha value is -2.12. The number of aromatic nitrogens is 1. The Morgan fingerprint density at radius 2 is 2.20 bits per heavy atom. The topological polar surface area (TPSA) is 99.1 Å². The molecule has 0 radical (unpaired) electrons. The molecule has 0 saturated carbocycles. The van der Waals surface area contributed by atoms with E-state index < -0.39 is 34.2 Å². The molecular formula is C7H5F2N3O3. The predicted molar refractivity (Wildman–Crippen MR) is 44.4 cm³/mol. The molecule has 0 aliphatic rings. The maximum Gasteiger partial charge on any atom is 0.296 e. The predicted octanol–water partition coefficient (Wildman–Crippen LogP) is 1.03. The van der Waals surface area contributed by atoms with Crippen LogP contribution in [-0.2, 0) is 0 Å². The Labute approximate surface area is 81.9 Å². The van der Waals surface area contributed by atoms with E-state index in [2.05, 4.69) is 4.98 Å². The van der Waals surface area contributed by atoms with Crippen molar-refractivity contribution < 1.29 is 18.5 Å². The fourth-order valence-electron chi connectivity index (χ4n) is 0.926. The van der Waals surface area contributed by atoms with Crippen LogP contribution in [0.1, 0.15) is 22.5 Å². The van der Waals surface area contributed by atoms with Crippen LogP contribution in [0.5, 0.6) is 0 Å². The molecule has 0 aliphatic heterocycles. The van der Waals surface area contributed by atoms with Gasteiger partial charge in [-0.05, 0) is 6.07 Å². The number of alkyl halides is 2. The Balaban J connectivity index is 3.33. The van der Waals surface area contributed by atoms with E-state index in [-0.39, 0.29) is 0 Å². The van der Waals surface area contributed by atoms with Crippen molar-refractivity contribution in [2.75, 3.05) is 0 Å². The molecule has 15 heavy (non-hydrogen) atoms. The lowest BCUT2D eigenvalue weighted by molar-refractivity contribution is -0.386. The normalized spacial score (nSPS) is 10.3. The van der Waals surface area contributed by atoms with Gasteiger partial charge in [-0.3, -0.25) is 14.9 Å². The number of carbonyl (C=O) groups is 1. The number of primary amides is 1. The van der Waals surface area contributed by atoms with Gasteiger partial charge in [-0.2, -0.15) is 0 Å². The van der Waals surface area contributed by atoms with E-state index in [1.807, 2.05) is 0 Å². The summed E-state index contributed by atoms with van der Waals surface area (Å²) in [6, 6.07) is 0.616. The quantitative estimate of drug-likeness (QED) is 0.603. The molecule has 0 aliphatic carbocycles. The highest BCUT2D eigenvalue weighted by molar-refractivity contribution is 5.91. The Kier molecular flexibility index (Phi) is 2.88. The van der Waals surface area contributed by atoms with E-state index in [4.69, 9.17) is 5.73 Å². The fourth-order valence-corrected chi connectivity index (χ4v) is 0.926. The molecule has 1 heterocycles. The van der Waals surface area contributed by atoms with Gasteiger partial charge in [0.25, 0.3) is 18.0 Å². The van der Waals surface area contributed by atoms with Crippen molar-refractivity contribution in [3.05, 3.63) is 33.6 Å². The monoisotopic (exact) mass is 217 g/mol. The lowest BCUT2D eigenvalue weighted by Crippen LogP contribution is -2.14. The molecule has 0 atom stereocenters. The van der Waals surface area contributed by atoms with Crippen LogP contribution < -0.4 is 5.73 Å². The zero-order chi connectivity index (χ0) is 11.6. The minimum atomic E-state index is -3.06. The van der Waals surface area contributed by atoms with Crippen molar-refractivity contribution in [3.8, 4) is 0 Å². The standard InChI is InChI=1S/C7H5F2N3O3/c8-6(9)3-1-4(7(10)13)11-2-5(3)12(14)15/h1-2,6H,(H2,10,13). The number of rotatable bonds is 3. The van der Waals surface area contributed by atoms with Gasteiger partial charge in [0.2, 0.25) is 0 Å². The van der Waals surface area contributed by atoms with Crippen LogP contribution in [-0.4, -0.2) is 15.8 Å². The van der Waals surface area contributed by atoms with Gasteiger partial charge < -0.3 is 5.73 Å². The number of nitrogens with two attached hydrogens (primary N) is 1. The molecule has 1 rings (SSSR count). The van der Waals surface area contributed by atoms with Crippen LogP contribution in [0.2, 0.25) is 0 Å². The number of amides is 1. The minimum absolute atomic E-state index is 0.434. The van der Waals surface area contributed by atoms with E-state index in [9.17, 15) is 23.7 Å². The van der Waals surface area contributed by atoms with Crippen LogP contribution in [0.3, 0.4) is 0 Å². The van der Waals surface area contributed by atoms with Gasteiger partial charge in [-0.1, -0.05) is 0 Å². The lowest BCUT2D eigenvalue weighted by atomic mass is 10.2. The third-order valence-electron chi connectivity index (χ3n) is 1.60. The molecule has 6 nitrogen and oxygen atoms in total. The first kappa shape index (κ1) is 11.0. The van der Waals surface area contributed by atoms with E-state index in [1.165, 1.54) is 0 Å². The van der Waals surface area contributed by atoms with Crippen molar-refractivity contribution in [1.82, 2.24) is 4.98 Å². The Morgan fingerprint density at radius 3 is 2.60 bits per heavy atom. The van der Waals surface area contributed by atoms with Gasteiger partial charge in [-0.15, -0.1) is 0 Å². The summed E-state index contributed by atoms with van der Waals surface area (Å²) < 4.78 is 24.7. The minimum Gasteiger partial charge on any atom is -0.364 e. The average molecular weight is 217 g/mol. The highest BCUT2D eigenvalue weighted by Crippen LogP contribution is 2.28. The Morgan fingerprint density at radius 1 is 1.60 bits per heavy atom. The summed E-state index contributed by atoms with van der Waals surface area (Å²) >= 11 is 0. The molecule has 0 bridgehead atoms. The van der Waals surface area contributed by atoms with Crippen molar-refractivity contribution in [2.24, 2.45) is 5.73 Å². The van der Waals surface area contributed by atoms with Crippen LogP contribution in [0.15, 0.2) is 12.3 Å². The van der Waals surface area contributed by atoms with Gasteiger partial charge in [0.1, 0.15) is 11.9 Å². The molecule has 1 aromatic heterocycles. The molecule has 80 valence electrons. The molecule has 8 heteroatoms. The first-order valence-corrected chi connectivity index (χ1v) is 3.65. The number of halogens is 2. The maximum absolute atomic E-state index is 12.3. The average Bonchev–Trinajstić information content (AvgIpc) is 2.16. The van der Waals surface area contributed by atoms with Gasteiger partial charge >= 0.3 is 0 Å². The van der Waals surface area contributed by atoms with Crippen molar-refractivity contribution in [1.29, 1.82) is 0 Å². The molecule has 0 fully saturated rings. The largest absolute Gasteiger partial charge is 0.364 e. The second-order valence-electron chi connectivity index (χ2n) is 2.55. The molecular weight excluding hydrogens is 212 g/mol. The molecule has 0 spiro atoms. The summed E-state index contributed by atoms with van der Waals surface area (Å²) in [5, 5.41) is 10.3. The number of hydrogen-bond acceptors (Lipinski definition) is 4. The van der Waals surface area contributed by atoms with Crippen LogP contribution in [0.4, 0.5) is 14.5 Å². The van der Waals surface area contributed by atoms with Crippen molar-refractivity contribution in [2.45, 2.75) is 6.43 Å². The fraction of sp³-hybridized carbons (Fsp3) is 0.143. The number of nitrogens with zero attached hydrogens (tertiary/aromatic N) is 2. The number of hydrogen-bond donors (Lipinski definition) is 1. The van der Waals surface area contributed by atoms with Gasteiger partial charge in [-0.25, -0.2) is 13.8 Å². The zero-order valence-corrected chi connectivity index (χ0v) is 7.18. The third kappa shape index (κ3) is 2.22. The van der Waals surface area contributed by atoms with Gasteiger partial charge in [0.05, 0.1) is 10.5 Å². The maximum atomic E-state index is 12.3. The van der Waals surface area contributed by atoms with E-state index in [0.29, 0.717) is 12.3 Å². The number of nitro groups is 1. The van der Waals surface area contributed by atoms with Crippen LogP contribution in [0.25, 0.3) is 0 Å². The van der Waals surface area contributed by atoms with Crippen LogP contribution in [0, 0.1) is 10.1 Å². The summed E-state index contributed by atoms with van der Waals surface area (Å²) in [6.07, 6.45) is -2.48. The highest BCUT2D eigenvalue weighted by atomic mass is 19.3. The number of carbonyl (C=O) groups excluding carboxylic acids is 1. The van der Waals surface area contributed by atoms with E-state index in [1.54, 1.807) is 0 Å². The summed E-state index contributed by atoms with van der Waals surface area (Å²) in [7, 11) is 0. The molecule has 0 aromatic carbocycles. The smallest absolute Gasteiger partial charge is 0.296 e. The third-order valence-corrected chi connectivity index (χ3v) is 1.60. The summed E-state index contributed by atoms with van der Waals surface area (Å²) in [4.78, 5) is 23.2. The second-order valence-corrected chi connectivity index (χ2v) is 2.55. The van der Waals surface area contributed by atoms with Crippen LogP contribution >= 0.6 is 0 Å². The van der Waals surface area contributed by atoms with Gasteiger partial charge in [0, 0.05) is 0 Å². The zero-order valence-electron chi connectivity index (χ0n) is 7.18. The first-order chi connectivity index (χ1) is 6.93. The van der Waals surface area contributed by atoms with Crippen molar-refractivity contribution >= 4 is 11.6 Å². The summed E-state index contributed by atoms with van der Waals surface area (Å²) in [5.41, 5.74) is 2.65. The Bertz CT molecular complexity index is 422. The summed E-state index contributed by atoms with van der Waals surface area (Å²) in [5.74, 6) is -1.02. The molecule has 1 aromatic rings. The molecule has 2 N–H and O–H groups in total. The summed E-state index contributed by atoms with van der Waals surface area (Å²) in [6.45, 7) is 0. The van der Waals surface area contributed by atoms with Crippen molar-refractivity contribution in [3.63, 3.8) is 0 Å². The molecule has 0 unspecified atom stereocenters. The first-order valence-electron chi connectivity index (χ1n) is 3.65. The molecule has 1 amide bonds. The lowest BCUT2D eigenvalue weighted by Gasteiger charge is -2.02. The second kappa shape index (κ2) is 3.95. The highest BCUT2D eigenvalue weighted by Gasteiger charge is 2.23. The number of pyridine rings is 1. The van der Waals surface area contributed by atoms with E-state index in [0.717, 1.165) is 0 Å². The van der Waals surface area contributed by atoms with E-state index >= 15 is 0 Å². The SMILES string of the molecule is NC(=O)c1cc(C(F)F)c([N+](=O)[O-])cn1. The molecule has 0 saturated heterocycles.